The number of carbonyl (C=O) groups excluding carboxylic acids is 2. The number of ether oxygens (including phenoxy) is 1. The molecule has 46 heavy (non-hydrogen) atoms. The van der Waals surface area contributed by atoms with Crippen LogP contribution in [0.5, 0.6) is 5.75 Å². The summed E-state index contributed by atoms with van der Waals surface area (Å²) in [6.45, 7) is 7.52. The molecule has 0 fully saturated rings. The quantitative estimate of drug-likeness (QED) is 0.169. The Morgan fingerprint density at radius 1 is 0.870 bits per heavy atom. The molecule has 0 unspecified atom stereocenters. The van der Waals surface area contributed by atoms with E-state index < -0.39 is 28.5 Å². The maximum absolute atomic E-state index is 14.5. The standard InChI is InChI=1S/C36H40ClN3O5S/c1-5-45-32-18-16-31(17-19-32)40(46(43,44)33-20-14-30(37)15-21-33)25-35(41)39(24-29-13-9-10-27(4)22-29)34(36(42)38-26(2)3)23-28-11-7-6-8-12-28/h6-22,26,34H,5,23-25H2,1-4H3,(H,38,42)/t34-/m1/s1. The van der Waals surface area contributed by atoms with Crippen molar-refractivity contribution in [3.63, 3.8) is 0 Å². The van der Waals surface area contributed by atoms with Gasteiger partial charge >= 0.3 is 0 Å². The molecular formula is C36H40ClN3O5S. The Kier molecular flexibility index (Phi) is 11.8. The summed E-state index contributed by atoms with van der Waals surface area (Å²) in [4.78, 5) is 29.8. The number of aryl methyl sites for hydroxylation is 1. The molecule has 8 nitrogen and oxygen atoms in total. The van der Waals surface area contributed by atoms with E-state index in [9.17, 15) is 18.0 Å². The molecule has 0 aliphatic heterocycles. The summed E-state index contributed by atoms with van der Waals surface area (Å²) in [6, 6.07) is 28.4. The summed E-state index contributed by atoms with van der Waals surface area (Å²) in [5.41, 5.74) is 2.95. The molecule has 0 aromatic heterocycles. The van der Waals surface area contributed by atoms with Gasteiger partial charge in [0.1, 0.15) is 18.3 Å². The molecule has 2 amide bonds. The van der Waals surface area contributed by atoms with E-state index >= 15 is 0 Å². The van der Waals surface area contributed by atoms with Crippen LogP contribution in [0.2, 0.25) is 5.02 Å². The van der Waals surface area contributed by atoms with Gasteiger partial charge in [0.2, 0.25) is 11.8 Å². The second kappa shape index (κ2) is 15.8. The Labute approximate surface area is 277 Å². The summed E-state index contributed by atoms with van der Waals surface area (Å²) in [6.07, 6.45) is 0.240. The summed E-state index contributed by atoms with van der Waals surface area (Å²) < 4.78 is 34.9. The van der Waals surface area contributed by atoms with Crippen LogP contribution in [0.4, 0.5) is 5.69 Å². The van der Waals surface area contributed by atoms with Crippen LogP contribution < -0.4 is 14.4 Å². The van der Waals surface area contributed by atoms with Crippen LogP contribution in [-0.2, 0) is 32.6 Å². The van der Waals surface area contributed by atoms with Crippen LogP contribution in [0, 0.1) is 6.92 Å². The number of benzene rings is 4. The normalized spacial score (nSPS) is 12.0. The van der Waals surface area contributed by atoms with Crippen LogP contribution >= 0.6 is 11.6 Å². The van der Waals surface area contributed by atoms with Crippen molar-refractivity contribution < 1.29 is 22.7 Å². The third kappa shape index (κ3) is 9.11. The zero-order valence-electron chi connectivity index (χ0n) is 26.5. The molecule has 10 heteroatoms. The van der Waals surface area contributed by atoms with E-state index in [1.165, 1.54) is 29.2 Å². The molecule has 0 spiro atoms. The fraction of sp³-hybridized carbons (Fsp3) is 0.278. The summed E-state index contributed by atoms with van der Waals surface area (Å²) >= 11 is 6.07. The second-order valence-corrected chi connectivity index (χ2v) is 13.6. The topological polar surface area (TPSA) is 96.0 Å². The van der Waals surface area contributed by atoms with Crippen molar-refractivity contribution in [3.05, 3.63) is 125 Å². The fourth-order valence-electron chi connectivity index (χ4n) is 5.08. The lowest BCUT2D eigenvalue weighted by Crippen LogP contribution is -2.54. The highest BCUT2D eigenvalue weighted by Gasteiger charge is 2.35. The number of hydrogen-bond donors (Lipinski definition) is 1. The fourth-order valence-corrected chi connectivity index (χ4v) is 6.62. The molecule has 1 atom stereocenters. The van der Waals surface area contributed by atoms with E-state index in [0.717, 1.165) is 21.0 Å². The third-order valence-electron chi connectivity index (χ3n) is 7.25. The summed E-state index contributed by atoms with van der Waals surface area (Å²) in [5, 5.41) is 3.35. The average molecular weight is 662 g/mol. The highest BCUT2D eigenvalue weighted by Crippen LogP contribution is 2.28. The first kappa shape index (κ1) is 34.5. The second-order valence-electron chi connectivity index (χ2n) is 11.3. The minimum Gasteiger partial charge on any atom is -0.494 e. The number of sulfonamides is 1. The molecule has 4 aromatic rings. The lowest BCUT2D eigenvalue weighted by atomic mass is 10.0. The first-order valence-electron chi connectivity index (χ1n) is 15.2. The van der Waals surface area contributed by atoms with Gasteiger partial charge in [-0.1, -0.05) is 71.8 Å². The number of nitrogens with one attached hydrogen (secondary N) is 1. The first-order chi connectivity index (χ1) is 22.0. The number of halogens is 1. The van der Waals surface area contributed by atoms with Crippen molar-refractivity contribution in [2.24, 2.45) is 0 Å². The molecule has 4 aromatic carbocycles. The van der Waals surface area contributed by atoms with Gasteiger partial charge < -0.3 is 15.0 Å². The average Bonchev–Trinajstić information content (AvgIpc) is 3.02. The van der Waals surface area contributed by atoms with Gasteiger partial charge in [-0.3, -0.25) is 13.9 Å². The van der Waals surface area contributed by atoms with Gasteiger partial charge in [0.15, 0.2) is 0 Å². The Morgan fingerprint density at radius 2 is 1.52 bits per heavy atom. The molecule has 0 bridgehead atoms. The van der Waals surface area contributed by atoms with E-state index in [-0.39, 0.29) is 35.5 Å². The maximum atomic E-state index is 14.5. The minimum atomic E-state index is -4.24. The summed E-state index contributed by atoms with van der Waals surface area (Å²) in [7, 11) is -4.24. The molecule has 0 aliphatic carbocycles. The number of amides is 2. The van der Waals surface area contributed by atoms with E-state index in [2.05, 4.69) is 5.32 Å². The maximum Gasteiger partial charge on any atom is 0.264 e. The molecular weight excluding hydrogens is 622 g/mol. The smallest absolute Gasteiger partial charge is 0.264 e. The molecule has 1 N–H and O–H groups in total. The van der Waals surface area contributed by atoms with Crippen molar-refractivity contribution in [1.82, 2.24) is 10.2 Å². The minimum absolute atomic E-state index is 0.0257. The molecule has 4 rings (SSSR count). The van der Waals surface area contributed by atoms with E-state index in [1.54, 1.807) is 24.3 Å². The Morgan fingerprint density at radius 3 is 2.13 bits per heavy atom. The molecule has 0 radical (unpaired) electrons. The molecule has 0 aliphatic rings. The number of anilines is 1. The zero-order valence-corrected chi connectivity index (χ0v) is 28.1. The SMILES string of the molecule is CCOc1ccc(N(CC(=O)N(Cc2cccc(C)c2)[C@H](Cc2ccccc2)C(=O)NC(C)C)S(=O)(=O)c2ccc(Cl)cc2)cc1. The number of hydrogen-bond acceptors (Lipinski definition) is 5. The predicted octanol–water partition coefficient (Wildman–Crippen LogP) is 6.41. The highest BCUT2D eigenvalue weighted by molar-refractivity contribution is 7.92. The monoisotopic (exact) mass is 661 g/mol. The van der Waals surface area contributed by atoms with Crippen LogP contribution in [0.1, 0.15) is 37.5 Å². The first-order valence-corrected chi connectivity index (χ1v) is 17.0. The van der Waals surface area contributed by atoms with Crippen LogP contribution in [-0.4, -0.2) is 50.4 Å². The van der Waals surface area contributed by atoms with E-state index in [4.69, 9.17) is 16.3 Å². The van der Waals surface area contributed by atoms with Gasteiger partial charge in [-0.2, -0.15) is 0 Å². The van der Waals surface area contributed by atoms with Crippen LogP contribution in [0.25, 0.3) is 0 Å². The predicted molar refractivity (Wildman–Crippen MR) is 183 cm³/mol. The molecule has 0 heterocycles. The van der Waals surface area contributed by atoms with Gasteiger partial charge in [0.05, 0.1) is 17.2 Å². The van der Waals surface area contributed by atoms with Crippen molar-refractivity contribution in [2.45, 2.75) is 57.6 Å². The van der Waals surface area contributed by atoms with Crippen LogP contribution in [0.3, 0.4) is 0 Å². The zero-order chi connectivity index (χ0) is 33.3. The number of carbonyl (C=O) groups is 2. The lowest BCUT2D eigenvalue weighted by molar-refractivity contribution is -0.140. The van der Waals surface area contributed by atoms with Crippen molar-refractivity contribution in [1.29, 1.82) is 0 Å². The van der Waals surface area contributed by atoms with Crippen LogP contribution in [0.15, 0.2) is 108 Å². The molecule has 0 saturated heterocycles. The molecule has 242 valence electrons. The van der Waals surface area contributed by atoms with E-state index in [0.29, 0.717) is 17.4 Å². The van der Waals surface area contributed by atoms with Gasteiger partial charge in [0, 0.05) is 24.0 Å². The van der Waals surface area contributed by atoms with Crippen molar-refractivity contribution >= 4 is 39.1 Å². The van der Waals surface area contributed by atoms with Gasteiger partial charge in [-0.05, 0) is 87.4 Å². The van der Waals surface area contributed by atoms with E-state index in [1.807, 2.05) is 82.3 Å². The lowest BCUT2D eigenvalue weighted by Gasteiger charge is -2.34. The van der Waals surface area contributed by atoms with Gasteiger partial charge in [0.25, 0.3) is 10.0 Å². The van der Waals surface area contributed by atoms with Gasteiger partial charge in [-0.15, -0.1) is 0 Å². The Hall–Kier alpha value is -4.34. The molecule has 0 saturated carbocycles. The van der Waals surface area contributed by atoms with Crippen molar-refractivity contribution in [2.75, 3.05) is 17.5 Å². The largest absolute Gasteiger partial charge is 0.494 e. The third-order valence-corrected chi connectivity index (χ3v) is 9.29. The van der Waals surface area contributed by atoms with Gasteiger partial charge in [-0.25, -0.2) is 8.42 Å². The highest BCUT2D eigenvalue weighted by atomic mass is 35.5. The Bertz CT molecular complexity index is 1710. The Balaban J connectivity index is 1.80. The van der Waals surface area contributed by atoms with Crippen molar-refractivity contribution in [3.8, 4) is 5.75 Å². The number of nitrogens with zero attached hydrogens (tertiary/aromatic N) is 2. The summed E-state index contributed by atoms with van der Waals surface area (Å²) in [5.74, 6) is -0.295. The number of rotatable bonds is 14.